The Bertz CT molecular complexity index is 112. The second kappa shape index (κ2) is 4.28. The number of hydrogen-bond acceptors (Lipinski definition) is 2. The van der Waals surface area contributed by atoms with E-state index >= 15 is 0 Å². The van der Waals surface area contributed by atoms with Crippen molar-refractivity contribution < 1.29 is 9.90 Å². The lowest BCUT2D eigenvalue weighted by Crippen LogP contribution is -2.18. The van der Waals surface area contributed by atoms with Gasteiger partial charge in [-0.3, -0.25) is 0 Å². The van der Waals surface area contributed by atoms with Crippen molar-refractivity contribution in [1.82, 2.24) is 4.90 Å². The Morgan fingerprint density at radius 2 is 2.00 bits per heavy atom. The first kappa shape index (κ1) is 9.43. The molecule has 59 valence electrons. The fourth-order valence-electron chi connectivity index (χ4n) is 0.570. The molecule has 3 nitrogen and oxygen atoms in total. The second-order valence-electron chi connectivity index (χ2n) is 2.81. The molecule has 0 fully saturated rings. The van der Waals surface area contributed by atoms with Crippen LogP contribution in [0.25, 0.3) is 0 Å². The van der Waals surface area contributed by atoms with Gasteiger partial charge in [0, 0.05) is 0 Å². The summed E-state index contributed by atoms with van der Waals surface area (Å²) in [5, 5.41) is 10.2. The zero-order chi connectivity index (χ0) is 8.15. The first-order valence-corrected chi connectivity index (χ1v) is 3.39. The molecule has 0 spiro atoms. The highest BCUT2D eigenvalue weighted by molar-refractivity contribution is 5.68. The van der Waals surface area contributed by atoms with Gasteiger partial charge in [-0.2, -0.15) is 0 Å². The predicted octanol–water partition coefficient (Wildman–Crippen LogP) is 0.531. The summed E-state index contributed by atoms with van der Waals surface area (Å²) in [7, 11) is 3.84. The molecule has 0 bridgehead atoms. The Kier molecular flexibility index (Phi) is 4.03. The summed E-state index contributed by atoms with van der Waals surface area (Å²) in [4.78, 5) is 12.1. The number of rotatable bonds is 4. The first-order chi connectivity index (χ1) is 4.54. The third kappa shape index (κ3) is 4.32. The maximum atomic E-state index is 10.2. The molecule has 0 saturated carbocycles. The van der Waals surface area contributed by atoms with Gasteiger partial charge in [-0.05, 0) is 27.1 Å². The average molecular weight is 144 g/mol. The van der Waals surface area contributed by atoms with Crippen LogP contribution in [0.4, 0.5) is 0 Å². The van der Waals surface area contributed by atoms with Gasteiger partial charge < -0.3 is 4.90 Å². The highest BCUT2D eigenvalue weighted by Crippen LogP contribution is 2.01. The van der Waals surface area contributed by atoms with Gasteiger partial charge >= 0.3 is 5.97 Å². The third-order valence-corrected chi connectivity index (χ3v) is 1.41. The lowest BCUT2D eigenvalue weighted by atomic mass is 10.1. The van der Waals surface area contributed by atoms with Crippen LogP contribution in [0.15, 0.2) is 0 Å². The molecule has 0 aromatic heterocycles. The Hall–Kier alpha value is -0.570. The molecule has 0 aromatic carbocycles. The van der Waals surface area contributed by atoms with Crippen LogP contribution in [0.1, 0.15) is 13.3 Å². The average Bonchev–Trinajstić information content (AvgIpc) is 1.82. The van der Waals surface area contributed by atoms with E-state index in [-0.39, 0.29) is 5.92 Å². The molecule has 0 aliphatic carbocycles. The highest BCUT2D eigenvalue weighted by atomic mass is 16.4. The summed E-state index contributed by atoms with van der Waals surface area (Å²) in [6, 6.07) is 0. The molecule has 0 N–H and O–H groups in total. The van der Waals surface area contributed by atoms with E-state index in [0.29, 0.717) is 6.42 Å². The first-order valence-electron chi connectivity index (χ1n) is 3.39. The molecular weight excluding hydrogens is 130 g/mol. The molecule has 0 aliphatic heterocycles. The van der Waals surface area contributed by atoms with E-state index in [4.69, 9.17) is 0 Å². The molecule has 0 saturated heterocycles. The maximum absolute atomic E-state index is 10.2. The summed E-state index contributed by atoms with van der Waals surface area (Å²) in [6.45, 7) is 2.47. The largest absolute Gasteiger partial charge is 0.358 e. The molecule has 1 radical (unpaired) electrons. The van der Waals surface area contributed by atoms with Crippen molar-refractivity contribution in [3.05, 3.63) is 0 Å². The fraction of sp³-hybridized carbons (Fsp3) is 0.857. The van der Waals surface area contributed by atoms with E-state index in [9.17, 15) is 9.90 Å². The summed E-state index contributed by atoms with van der Waals surface area (Å²) < 4.78 is 0. The molecule has 1 unspecified atom stereocenters. The summed E-state index contributed by atoms with van der Waals surface area (Å²) in [5.74, 6) is -1.29. The van der Waals surface area contributed by atoms with Crippen LogP contribution < -0.4 is 0 Å². The predicted molar refractivity (Wildman–Crippen MR) is 38.0 cm³/mol. The van der Waals surface area contributed by atoms with Gasteiger partial charge in [-0.15, -0.1) is 0 Å². The van der Waals surface area contributed by atoms with Gasteiger partial charge in [-0.25, -0.2) is 9.90 Å². The normalized spacial score (nSPS) is 13.6. The highest BCUT2D eigenvalue weighted by Gasteiger charge is 2.12. The molecule has 0 aromatic rings. The van der Waals surface area contributed by atoms with E-state index < -0.39 is 5.97 Å². The zero-order valence-electron chi connectivity index (χ0n) is 6.76. The van der Waals surface area contributed by atoms with Gasteiger partial charge in [0.1, 0.15) is 0 Å². The van der Waals surface area contributed by atoms with Crippen molar-refractivity contribution in [1.29, 1.82) is 0 Å². The quantitative estimate of drug-likeness (QED) is 0.577. The van der Waals surface area contributed by atoms with Crippen molar-refractivity contribution in [2.45, 2.75) is 13.3 Å². The smallest absolute Gasteiger partial charge is 0.309 e. The number of carbonyl (C=O) groups excluding carboxylic acids is 1. The van der Waals surface area contributed by atoms with Crippen molar-refractivity contribution in [3.63, 3.8) is 0 Å². The number of nitrogens with zero attached hydrogens (tertiary/aromatic N) is 1. The van der Waals surface area contributed by atoms with E-state index in [1.54, 1.807) is 6.92 Å². The molecule has 0 heterocycles. The zero-order valence-corrected chi connectivity index (χ0v) is 6.76. The lowest BCUT2D eigenvalue weighted by Gasteiger charge is -2.10. The van der Waals surface area contributed by atoms with Crippen molar-refractivity contribution in [3.8, 4) is 0 Å². The van der Waals surface area contributed by atoms with Gasteiger partial charge in [0.25, 0.3) is 0 Å². The van der Waals surface area contributed by atoms with Gasteiger partial charge in [0.15, 0.2) is 0 Å². The van der Waals surface area contributed by atoms with Crippen LogP contribution in [-0.2, 0) is 9.90 Å². The fourth-order valence-corrected chi connectivity index (χ4v) is 0.570. The van der Waals surface area contributed by atoms with Crippen LogP contribution in [-0.4, -0.2) is 31.5 Å². The molecule has 3 heteroatoms. The van der Waals surface area contributed by atoms with Crippen LogP contribution in [0, 0.1) is 5.92 Å². The van der Waals surface area contributed by atoms with Crippen molar-refractivity contribution in [2.75, 3.05) is 20.6 Å². The second-order valence-corrected chi connectivity index (χ2v) is 2.81. The van der Waals surface area contributed by atoms with E-state index in [1.807, 2.05) is 19.0 Å². The Balaban J connectivity index is 3.40. The maximum Gasteiger partial charge on any atom is 0.358 e. The number of hydrogen-bond donors (Lipinski definition) is 0. The van der Waals surface area contributed by atoms with Gasteiger partial charge in [0.2, 0.25) is 0 Å². The van der Waals surface area contributed by atoms with Gasteiger partial charge in [0.05, 0.1) is 5.92 Å². The number of carbonyl (C=O) groups is 1. The topological polar surface area (TPSA) is 40.2 Å². The standard InChI is InChI=1S/C7H14NO2/c1-6(7(9)10)4-5-8(2)3/h6H,4-5H2,1-3H3. The van der Waals surface area contributed by atoms with Crippen molar-refractivity contribution in [2.24, 2.45) is 5.92 Å². The van der Waals surface area contributed by atoms with E-state index in [0.717, 1.165) is 6.54 Å². The third-order valence-electron chi connectivity index (χ3n) is 1.41. The monoisotopic (exact) mass is 144 g/mol. The lowest BCUT2D eigenvalue weighted by molar-refractivity contribution is -0.147. The summed E-state index contributed by atoms with van der Waals surface area (Å²) in [5.41, 5.74) is 0. The molecular formula is C7H14NO2. The molecule has 0 aliphatic rings. The minimum atomic E-state index is -0.957. The summed E-state index contributed by atoms with van der Waals surface area (Å²) >= 11 is 0. The van der Waals surface area contributed by atoms with E-state index in [1.165, 1.54) is 0 Å². The van der Waals surface area contributed by atoms with Crippen molar-refractivity contribution >= 4 is 5.97 Å². The van der Waals surface area contributed by atoms with Crippen LogP contribution in [0.3, 0.4) is 0 Å². The van der Waals surface area contributed by atoms with Gasteiger partial charge in [-0.1, -0.05) is 6.92 Å². The Morgan fingerprint density at radius 1 is 1.50 bits per heavy atom. The minimum absolute atomic E-state index is 0.331. The van der Waals surface area contributed by atoms with Crippen LogP contribution in [0.2, 0.25) is 0 Å². The molecule has 0 rings (SSSR count). The van der Waals surface area contributed by atoms with E-state index in [2.05, 4.69) is 0 Å². The summed E-state index contributed by atoms with van der Waals surface area (Å²) in [6.07, 6.45) is 0.662. The SMILES string of the molecule is CC(CCN(C)C)C([O])=O. The molecule has 1 atom stereocenters. The van der Waals surface area contributed by atoms with Crippen LogP contribution >= 0.6 is 0 Å². The van der Waals surface area contributed by atoms with Crippen LogP contribution in [0.5, 0.6) is 0 Å². The Labute approximate surface area is 61.6 Å². The Morgan fingerprint density at radius 3 is 2.30 bits per heavy atom. The molecule has 0 amide bonds. The molecule has 10 heavy (non-hydrogen) atoms. The minimum Gasteiger partial charge on any atom is -0.309 e.